The Balaban J connectivity index is 1.74. The Kier molecular flexibility index (Phi) is 7.29. The van der Waals surface area contributed by atoms with Crippen molar-refractivity contribution in [2.45, 2.75) is 44.9 Å². The molecule has 7 heteroatoms. The van der Waals surface area contributed by atoms with Crippen LogP contribution in [0.25, 0.3) is 10.9 Å². The standard InChI is InChI=1S/C23H27N3O3S/c1-15-9-10-18(13-16(15)2)17(3)24-21(28)14-30-23-25-20-8-5-4-7-19(20)22(29)26(23)11-6-12-27/h4-5,7-10,13,17,27H,6,11-12,14H2,1-3H3,(H,24,28). The fourth-order valence-electron chi connectivity index (χ4n) is 3.21. The van der Waals surface area contributed by atoms with Crippen molar-refractivity contribution in [3.05, 3.63) is 69.5 Å². The second-order valence-electron chi connectivity index (χ2n) is 7.37. The Labute approximate surface area is 180 Å². The van der Waals surface area contributed by atoms with E-state index in [1.165, 1.54) is 22.9 Å². The van der Waals surface area contributed by atoms with E-state index in [1.807, 2.05) is 19.1 Å². The molecule has 0 fully saturated rings. The molecule has 3 rings (SSSR count). The molecular formula is C23H27N3O3S. The van der Waals surface area contributed by atoms with Gasteiger partial charge in [-0.15, -0.1) is 0 Å². The lowest BCUT2D eigenvalue weighted by Crippen LogP contribution is -2.29. The maximum atomic E-state index is 12.8. The van der Waals surface area contributed by atoms with Crippen molar-refractivity contribution in [3.8, 4) is 0 Å². The van der Waals surface area contributed by atoms with E-state index in [0.29, 0.717) is 29.0 Å². The maximum absolute atomic E-state index is 12.8. The van der Waals surface area contributed by atoms with Gasteiger partial charge in [-0.25, -0.2) is 4.98 Å². The highest BCUT2D eigenvalue weighted by Gasteiger charge is 2.15. The molecule has 1 unspecified atom stereocenters. The summed E-state index contributed by atoms with van der Waals surface area (Å²) in [5.41, 5.74) is 3.92. The van der Waals surface area contributed by atoms with Crippen molar-refractivity contribution in [2.24, 2.45) is 0 Å². The minimum absolute atomic E-state index is 0.0165. The summed E-state index contributed by atoms with van der Waals surface area (Å²) in [6, 6.07) is 13.2. The molecule has 158 valence electrons. The maximum Gasteiger partial charge on any atom is 0.262 e. The van der Waals surface area contributed by atoms with Crippen molar-refractivity contribution in [1.29, 1.82) is 0 Å². The van der Waals surface area contributed by atoms with Gasteiger partial charge in [-0.3, -0.25) is 14.2 Å². The first-order valence-corrected chi connectivity index (χ1v) is 11.0. The Bertz CT molecular complexity index is 1110. The van der Waals surface area contributed by atoms with Gasteiger partial charge in [-0.05, 0) is 56.0 Å². The molecule has 0 spiro atoms. The van der Waals surface area contributed by atoms with Gasteiger partial charge < -0.3 is 10.4 Å². The second kappa shape index (κ2) is 9.91. The summed E-state index contributed by atoms with van der Waals surface area (Å²) >= 11 is 1.24. The number of aryl methyl sites for hydroxylation is 2. The average Bonchev–Trinajstić information content (AvgIpc) is 2.73. The van der Waals surface area contributed by atoms with Crippen LogP contribution in [-0.2, 0) is 11.3 Å². The number of hydrogen-bond acceptors (Lipinski definition) is 5. The number of thioether (sulfide) groups is 1. The number of nitrogens with one attached hydrogen (secondary N) is 1. The number of para-hydroxylation sites is 1. The topological polar surface area (TPSA) is 84.2 Å². The second-order valence-corrected chi connectivity index (χ2v) is 8.31. The van der Waals surface area contributed by atoms with Gasteiger partial charge in [0.2, 0.25) is 5.91 Å². The van der Waals surface area contributed by atoms with Gasteiger partial charge >= 0.3 is 0 Å². The minimum atomic E-state index is -0.152. The van der Waals surface area contributed by atoms with Gasteiger partial charge in [0.25, 0.3) is 5.56 Å². The van der Waals surface area contributed by atoms with Crippen molar-refractivity contribution in [3.63, 3.8) is 0 Å². The molecular weight excluding hydrogens is 398 g/mol. The summed E-state index contributed by atoms with van der Waals surface area (Å²) in [6.45, 7) is 6.41. The number of hydrogen-bond donors (Lipinski definition) is 2. The number of aromatic nitrogens is 2. The Morgan fingerprint density at radius 3 is 2.70 bits per heavy atom. The van der Waals surface area contributed by atoms with E-state index in [9.17, 15) is 14.7 Å². The predicted molar refractivity (Wildman–Crippen MR) is 121 cm³/mol. The zero-order chi connectivity index (χ0) is 21.7. The SMILES string of the molecule is Cc1ccc(C(C)NC(=O)CSc2nc3ccccc3c(=O)n2CCCO)cc1C. The molecule has 0 aliphatic rings. The summed E-state index contributed by atoms with van der Waals surface area (Å²) in [7, 11) is 0. The van der Waals surface area contributed by atoms with Crippen LogP contribution in [-0.4, -0.2) is 32.9 Å². The van der Waals surface area contributed by atoms with E-state index in [2.05, 4.69) is 36.3 Å². The lowest BCUT2D eigenvalue weighted by molar-refractivity contribution is -0.119. The van der Waals surface area contributed by atoms with Crippen LogP contribution in [0.15, 0.2) is 52.4 Å². The number of aliphatic hydroxyl groups is 1. The van der Waals surface area contributed by atoms with Gasteiger partial charge in [0, 0.05) is 13.2 Å². The van der Waals surface area contributed by atoms with E-state index >= 15 is 0 Å². The van der Waals surface area contributed by atoms with Crippen LogP contribution < -0.4 is 10.9 Å². The van der Waals surface area contributed by atoms with Crippen molar-refractivity contribution in [1.82, 2.24) is 14.9 Å². The normalized spacial score (nSPS) is 12.1. The fourth-order valence-corrected chi connectivity index (χ4v) is 4.05. The number of carbonyl (C=O) groups is 1. The molecule has 1 heterocycles. The van der Waals surface area contributed by atoms with Crippen molar-refractivity contribution < 1.29 is 9.90 Å². The predicted octanol–water partition coefficient (Wildman–Crippen LogP) is 3.37. The molecule has 0 radical (unpaired) electrons. The number of aliphatic hydroxyl groups excluding tert-OH is 1. The summed E-state index contributed by atoms with van der Waals surface area (Å²) in [4.78, 5) is 30.0. The van der Waals surface area contributed by atoms with Crippen molar-refractivity contribution >= 4 is 28.6 Å². The molecule has 0 saturated carbocycles. The number of carbonyl (C=O) groups excluding carboxylic acids is 1. The molecule has 2 N–H and O–H groups in total. The molecule has 0 aliphatic carbocycles. The number of fused-ring (bicyclic) bond motifs is 1. The first-order valence-electron chi connectivity index (χ1n) is 10.0. The largest absolute Gasteiger partial charge is 0.396 e. The van der Waals surface area contributed by atoms with E-state index in [4.69, 9.17) is 0 Å². The lowest BCUT2D eigenvalue weighted by Gasteiger charge is -2.16. The molecule has 1 amide bonds. The van der Waals surface area contributed by atoms with Crippen LogP contribution in [0, 0.1) is 13.8 Å². The van der Waals surface area contributed by atoms with Crippen LogP contribution in [0.4, 0.5) is 0 Å². The number of amides is 1. The van der Waals surface area contributed by atoms with Crippen LogP contribution in [0.2, 0.25) is 0 Å². The van der Waals surface area contributed by atoms with Crippen LogP contribution in [0.5, 0.6) is 0 Å². The lowest BCUT2D eigenvalue weighted by atomic mass is 10.0. The Morgan fingerprint density at radius 1 is 1.20 bits per heavy atom. The Hall–Kier alpha value is -2.64. The van der Waals surface area contributed by atoms with Gasteiger partial charge in [0.15, 0.2) is 5.16 Å². The summed E-state index contributed by atoms with van der Waals surface area (Å²) in [5.74, 6) is 0.0286. The molecule has 2 aromatic carbocycles. The van der Waals surface area contributed by atoms with Crippen molar-refractivity contribution in [2.75, 3.05) is 12.4 Å². The molecule has 30 heavy (non-hydrogen) atoms. The monoisotopic (exact) mass is 425 g/mol. The molecule has 1 atom stereocenters. The smallest absolute Gasteiger partial charge is 0.262 e. The first-order chi connectivity index (χ1) is 14.4. The van der Waals surface area contributed by atoms with Crippen LogP contribution in [0.3, 0.4) is 0 Å². The highest BCUT2D eigenvalue weighted by molar-refractivity contribution is 7.99. The number of benzene rings is 2. The quantitative estimate of drug-likeness (QED) is 0.427. The molecule has 0 saturated heterocycles. The molecule has 0 bridgehead atoms. The fraction of sp³-hybridized carbons (Fsp3) is 0.348. The first kappa shape index (κ1) is 22.1. The van der Waals surface area contributed by atoms with E-state index < -0.39 is 0 Å². The summed E-state index contributed by atoms with van der Waals surface area (Å²) in [5, 5.41) is 13.2. The molecule has 1 aromatic heterocycles. The van der Waals surface area contributed by atoms with Gasteiger partial charge in [0.05, 0.1) is 22.7 Å². The van der Waals surface area contributed by atoms with Gasteiger partial charge in [-0.2, -0.15) is 0 Å². The highest BCUT2D eigenvalue weighted by Crippen LogP contribution is 2.20. The molecule has 6 nitrogen and oxygen atoms in total. The Morgan fingerprint density at radius 2 is 1.97 bits per heavy atom. The summed E-state index contributed by atoms with van der Waals surface area (Å²) < 4.78 is 1.54. The third-order valence-corrected chi connectivity index (χ3v) is 6.08. The van der Waals surface area contributed by atoms with E-state index in [-0.39, 0.29) is 29.9 Å². The van der Waals surface area contributed by atoms with E-state index in [1.54, 1.807) is 22.8 Å². The third-order valence-electron chi connectivity index (χ3n) is 5.11. The molecule has 3 aromatic rings. The van der Waals surface area contributed by atoms with Gasteiger partial charge in [-0.1, -0.05) is 42.1 Å². The zero-order valence-corrected chi connectivity index (χ0v) is 18.3. The van der Waals surface area contributed by atoms with Crippen LogP contribution >= 0.6 is 11.8 Å². The highest BCUT2D eigenvalue weighted by atomic mass is 32.2. The zero-order valence-electron chi connectivity index (χ0n) is 17.5. The average molecular weight is 426 g/mol. The number of nitrogens with zero attached hydrogens (tertiary/aromatic N) is 2. The van der Waals surface area contributed by atoms with Crippen LogP contribution in [0.1, 0.15) is 36.1 Å². The third kappa shape index (κ3) is 5.09. The number of rotatable bonds is 8. The van der Waals surface area contributed by atoms with E-state index in [0.717, 1.165) is 5.56 Å². The van der Waals surface area contributed by atoms with Gasteiger partial charge in [0.1, 0.15) is 0 Å². The molecule has 0 aliphatic heterocycles. The minimum Gasteiger partial charge on any atom is -0.396 e. The summed E-state index contributed by atoms with van der Waals surface area (Å²) in [6.07, 6.45) is 0.448.